The SMILES string of the molecule is CC(C)C(=O)N1CCC(c2cn(C)c3ccc(NC(=O)c4cc(C#N)ccn4)cc23)CC1. The lowest BCUT2D eigenvalue weighted by atomic mass is 9.88. The number of pyridine rings is 1. The molecule has 1 aromatic carbocycles. The highest BCUT2D eigenvalue weighted by Crippen LogP contribution is 2.35. The minimum Gasteiger partial charge on any atom is -0.350 e. The van der Waals surface area contributed by atoms with Crippen LogP contribution in [0.4, 0.5) is 5.69 Å². The molecule has 0 bridgehead atoms. The smallest absolute Gasteiger partial charge is 0.274 e. The summed E-state index contributed by atoms with van der Waals surface area (Å²) in [7, 11) is 2.03. The van der Waals surface area contributed by atoms with Gasteiger partial charge in [0, 0.05) is 55.0 Å². The van der Waals surface area contributed by atoms with Crippen molar-refractivity contribution in [3.63, 3.8) is 0 Å². The number of carbonyl (C=O) groups excluding carboxylic acids is 2. The number of carbonyl (C=O) groups is 2. The van der Waals surface area contributed by atoms with Crippen LogP contribution in [-0.2, 0) is 11.8 Å². The van der Waals surface area contributed by atoms with E-state index < -0.39 is 0 Å². The molecular weight excluding hydrogens is 402 g/mol. The summed E-state index contributed by atoms with van der Waals surface area (Å²) in [6.45, 7) is 5.44. The Morgan fingerprint density at radius 1 is 1.19 bits per heavy atom. The molecule has 0 spiro atoms. The van der Waals surface area contributed by atoms with Gasteiger partial charge in [0.05, 0.1) is 11.6 Å². The fourth-order valence-corrected chi connectivity index (χ4v) is 4.42. The van der Waals surface area contributed by atoms with Crippen LogP contribution in [-0.4, -0.2) is 39.4 Å². The van der Waals surface area contributed by atoms with Crippen molar-refractivity contribution in [2.24, 2.45) is 13.0 Å². The molecule has 1 N–H and O–H groups in total. The number of nitrogens with one attached hydrogen (secondary N) is 1. The van der Waals surface area contributed by atoms with E-state index in [1.165, 1.54) is 17.8 Å². The van der Waals surface area contributed by atoms with Crippen LogP contribution in [0.3, 0.4) is 0 Å². The average molecular weight is 430 g/mol. The van der Waals surface area contributed by atoms with Crippen LogP contribution in [0.2, 0.25) is 0 Å². The Labute approximate surface area is 187 Å². The molecule has 2 aromatic heterocycles. The minimum absolute atomic E-state index is 0.0265. The highest BCUT2D eigenvalue weighted by molar-refractivity contribution is 6.04. The van der Waals surface area contributed by atoms with Crippen molar-refractivity contribution in [1.29, 1.82) is 5.26 Å². The van der Waals surface area contributed by atoms with Gasteiger partial charge in [0.2, 0.25) is 5.91 Å². The number of hydrogen-bond donors (Lipinski definition) is 1. The Morgan fingerprint density at radius 3 is 2.62 bits per heavy atom. The molecular formula is C25H27N5O2. The summed E-state index contributed by atoms with van der Waals surface area (Å²) >= 11 is 0. The van der Waals surface area contributed by atoms with Gasteiger partial charge in [-0.2, -0.15) is 5.26 Å². The van der Waals surface area contributed by atoms with E-state index >= 15 is 0 Å². The number of likely N-dealkylation sites (tertiary alicyclic amines) is 1. The number of nitrogens with zero attached hydrogens (tertiary/aromatic N) is 4. The lowest BCUT2D eigenvalue weighted by molar-refractivity contribution is -0.135. The molecule has 3 heterocycles. The van der Waals surface area contributed by atoms with Crippen LogP contribution in [0, 0.1) is 17.2 Å². The van der Waals surface area contributed by atoms with Crippen molar-refractivity contribution < 1.29 is 9.59 Å². The van der Waals surface area contributed by atoms with E-state index in [-0.39, 0.29) is 23.4 Å². The largest absolute Gasteiger partial charge is 0.350 e. The first kappa shape index (κ1) is 21.6. The monoisotopic (exact) mass is 429 g/mol. The number of benzene rings is 1. The maximum Gasteiger partial charge on any atom is 0.274 e. The van der Waals surface area contributed by atoms with Crippen LogP contribution in [0.25, 0.3) is 10.9 Å². The summed E-state index contributed by atoms with van der Waals surface area (Å²) in [5, 5.41) is 13.1. The standard InChI is InChI=1S/C25H27N5O2/c1-16(2)25(32)30-10-7-18(8-11-30)21-15-29(3)23-5-4-19(13-20(21)23)28-24(31)22-12-17(14-26)6-9-27-22/h4-6,9,12-13,15-16,18H,7-8,10-11H2,1-3H3,(H,28,31). The molecule has 164 valence electrons. The number of aryl methyl sites for hydroxylation is 1. The third-order valence-corrected chi connectivity index (χ3v) is 6.14. The van der Waals surface area contributed by atoms with E-state index in [0.29, 0.717) is 17.2 Å². The molecule has 3 aromatic rings. The highest BCUT2D eigenvalue weighted by atomic mass is 16.2. The molecule has 0 radical (unpaired) electrons. The van der Waals surface area contributed by atoms with Gasteiger partial charge < -0.3 is 14.8 Å². The quantitative estimate of drug-likeness (QED) is 0.677. The number of nitriles is 1. The van der Waals surface area contributed by atoms with Crippen molar-refractivity contribution >= 4 is 28.4 Å². The topological polar surface area (TPSA) is 91.0 Å². The molecule has 0 unspecified atom stereocenters. The first-order valence-corrected chi connectivity index (χ1v) is 10.9. The predicted molar refractivity (Wildman–Crippen MR) is 123 cm³/mol. The highest BCUT2D eigenvalue weighted by Gasteiger charge is 2.27. The molecule has 1 fully saturated rings. The van der Waals surface area contributed by atoms with Crippen molar-refractivity contribution in [3.05, 3.63) is 59.5 Å². The van der Waals surface area contributed by atoms with Gasteiger partial charge in [-0.25, -0.2) is 0 Å². The second-order valence-corrected chi connectivity index (χ2v) is 8.68. The molecule has 4 rings (SSSR count). The summed E-state index contributed by atoms with van der Waals surface area (Å²) in [5.41, 5.74) is 3.64. The zero-order valence-electron chi connectivity index (χ0n) is 18.6. The Bertz CT molecular complexity index is 1210. The van der Waals surface area contributed by atoms with Crippen LogP contribution >= 0.6 is 0 Å². The lowest BCUT2D eigenvalue weighted by Gasteiger charge is -2.33. The molecule has 0 atom stereocenters. The van der Waals surface area contributed by atoms with E-state index in [9.17, 15) is 9.59 Å². The van der Waals surface area contributed by atoms with Crippen LogP contribution < -0.4 is 5.32 Å². The van der Waals surface area contributed by atoms with Crippen molar-refractivity contribution in [2.75, 3.05) is 18.4 Å². The Balaban J connectivity index is 1.55. The van der Waals surface area contributed by atoms with E-state index in [4.69, 9.17) is 5.26 Å². The van der Waals surface area contributed by atoms with Crippen LogP contribution in [0.1, 0.15) is 54.2 Å². The zero-order chi connectivity index (χ0) is 22.8. The lowest BCUT2D eigenvalue weighted by Crippen LogP contribution is -2.40. The van der Waals surface area contributed by atoms with Crippen molar-refractivity contribution in [1.82, 2.24) is 14.5 Å². The van der Waals surface area contributed by atoms with Crippen LogP contribution in [0.15, 0.2) is 42.7 Å². The summed E-state index contributed by atoms with van der Waals surface area (Å²) in [4.78, 5) is 31.0. The number of rotatable bonds is 4. The minimum atomic E-state index is -0.348. The molecule has 1 aliphatic rings. The van der Waals surface area contributed by atoms with Gasteiger partial charge in [-0.05, 0) is 54.7 Å². The summed E-state index contributed by atoms with van der Waals surface area (Å²) in [5.74, 6) is 0.272. The van der Waals surface area contributed by atoms with Gasteiger partial charge in [0.25, 0.3) is 5.91 Å². The number of fused-ring (bicyclic) bond motifs is 1. The van der Waals surface area contributed by atoms with Crippen molar-refractivity contribution in [3.8, 4) is 6.07 Å². The molecule has 2 amide bonds. The van der Waals surface area contributed by atoms with Crippen LogP contribution in [0.5, 0.6) is 0 Å². The summed E-state index contributed by atoms with van der Waals surface area (Å²) in [6.07, 6.45) is 5.49. The Morgan fingerprint density at radius 2 is 1.94 bits per heavy atom. The summed E-state index contributed by atoms with van der Waals surface area (Å²) < 4.78 is 2.11. The average Bonchev–Trinajstić information content (AvgIpc) is 3.14. The van der Waals surface area contributed by atoms with E-state index in [1.807, 2.05) is 50.1 Å². The van der Waals surface area contributed by atoms with Gasteiger partial charge >= 0.3 is 0 Å². The zero-order valence-corrected chi connectivity index (χ0v) is 18.6. The van der Waals surface area contributed by atoms with Gasteiger partial charge in [0.1, 0.15) is 5.69 Å². The van der Waals surface area contributed by atoms with E-state index in [1.54, 1.807) is 6.07 Å². The van der Waals surface area contributed by atoms with Gasteiger partial charge in [0.15, 0.2) is 0 Å². The summed E-state index contributed by atoms with van der Waals surface area (Å²) in [6, 6.07) is 11.0. The molecule has 0 aliphatic carbocycles. The van der Waals surface area contributed by atoms with Gasteiger partial charge in [-0.15, -0.1) is 0 Å². The van der Waals surface area contributed by atoms with Gasteiger partial charge in [-0.3, -0.25) is 14.6 Å². The number of piperidine rings is 1. The molecule has 7 heteroatoms. The number of hydrogen-bond acceptors (Lipinski definition) is 4. The Hall–Kier alpha value is -3.66. The maximum absolute atomic E-state index is 12.6. The molecule has 0 saturated carbocycles. The van der Waals surface area contributed by atoms with E-state index in [0.717, 1.165) is 36.8 Å². The van der Waals surface area contributed by atoms with Crippen molar-refractivity contribution in [2.45, 2.75) is 32.6 Å². The number of anilines is 1. The number of aromatic nitrogens is 2. The molecule has 1 saturated heterocycles. The molecule has 32 heavy (non-hydrogen) atoms. The number of amides is 2. The third kappa shape index (κ3) is 4.22. The molecule has 7 nitrogen and oxygen atoms in total. The first-order valence-electron chi connectivity index (χ1n) is 10.9. The van der Waals surface area contributed by atoms with Gasteiger partial charge in [-0.1, -0.05) is 13.8 Å². The second-order valence-electron chi connectivity index (χ2n) is 8.68. The van der Waals surface area contributed by atoms with E-state index in [2.05, 4.69) is 21.1 Å². The maximum atomic E-state index is 12.6. The second kappa shape index (κ2) is 8.83. The molecule has 1 aliphatic heterocycles. The third-order valence-electron chi connectivity index (χ3n) is 6.14. The predicted octanol–water partition coefficient (Wildman–Crippen LogP) is 4.06. The fourth-order valence-electron chi connectivity index (χ4n) is 4.42. The fraction of sp³-hybridized carbons (Fsp3) is 0.360. The Kier molecular flexibility index (Phi) is 5.95. The normalized spacial score (nSPS) is 14.5. The first-order chi connectivity index (χ1) is 15.4.